The number of hydrogen-bond acceptors (Lipinski definition) is 3. The fraction of sp³-hybridized carbons (Fsp3) is 0.280. The van der Waals surface area contributed by atoms with Gasteiger partial charge in [0.1, 0.15) is 5.69 Å². The second kappa shape index (κ2) is 9.02. The Balaban J connectivity index is 1.97. The first kappa shape index (κ1) is 22.1. The van der Waals surface area contributed by atoms with Crippen molar-refractivity contribution in [3.63, 3.8) is 0 Å². The highest BCUT2D eigenvalue weighted by Gasteiger charge is 2.37. The van der Waals surface area contributed by atoms with Crippen molar-refractivity contribution in [2.45, 2.75) is 45.5 Å². The van der Waals surface area contributed by atoms with E-state index >= 15 is 0 Å². The maximum absolute atomic E-state index is 14.6. The Labute approximate surface area is 179 Å². The Bertz CT molecular complexity index is 971. The zero-order valence-corrected chi connectivity index (χ0v) is 19.3. The summed E-state index contributed by atoms with van der Waals surface area (Å²) in [5.74, 6) is -0.449. The molecule has 0 aliphatic rings. The van der Waals surface area contributed by atoms with Crippen molar-refractivity contribution in [3.8, 4) is 0 Å². The Morgan fingerprint density at radius 3 is 2.00 bits per heavy atom. The van der Waals surface area contributed by atoms with Crippen molar-refractivity contribution >= 4 is 19.7 Å². The molecule has 3 rings (SSSR count). The molecule has 3 aromatic rings. The van der Waals surface area contributed by atoms with Crippen molar-refractivity contribution in [2.75, 3.05) is 0 Å². The number of aliphatic imine (C=N–C) groups is 1. The van der Waals surface area contributed by atoms with Crippen LogP contribution in [0, 0.1) is 5.82 Å². The first-order valence-electron chi connectivity index (χ1n) is 10.2. The van der Waals surface area contributed by atoms with Gasteiger partial charge in [0.15, 0.2) is 14.1 Å². The molecule has 1 heterocycles. The summed E-state index contributed by atoms with van der Waals surface area (Å²) in [7, 11) is -1.93. The molecule has 0 saturated heterocycles. The van der Waals surface area contributed by atoms with Crippen LogP contribution < -0.4 is 0 Å². The highest BCUT2D eigenvalue weighted by molar-refractivity contribution is 6.74. The van der Waals surface area contributed by atoms with E-state index < -0.39 is 14.1 Å². The molecule has 0 aliphatic carbocycles. The highest BCUT2D eigenvalue weighted by atomic mass is 28.4. The number of hydrogen-bond donors (Lipinski definition) is 0. The van der Waals surface area contributed by atoms with Gasteiger partial charge in [0, 0.05) is 11.1 Å². The number of halogens is 1. The molecule has 0 spiro atoms. The lowest BCUT2D eigenvalue weighted by atomic mass is 10.0. The number of nitrogens with zero attached hydrogens (tertiary/aromatic N) is 2. The molecular formula is C25H29FN2OSi. The second-order valence-electron chi connectivity index (χ2n) is 8.87. The lowest BCUT2D eigenvalue weighted by molar-refractivity contribution is 0.272. The largest absolute Gasteiger partial charge is 0.411 e. The minimum absolute atomic E-state index is 0.0990. The van der Waals surface area contributed by atoms with Gasteiger partial charge >= 0.3 is 0 Å². The van der Waals surface area contributed by atoms with Crippen LogP contribution in [-0.4, -0.2) is 19.0 Å². The van der Waals surface area contributed by atoms with Gasteiger partial charge in [-0.1, -0.05) is 81.4 Å². The van der Waals surface area contributed by atoms with Crippen LogP contribution in [0.4, 0.5) is 10.1 Å². The normalized spacial score (nSPS) is 11.9. The third-order valence-electron chi connectivity index (χ3n) is 5.61. The summed E-state index contributed by atoms with van der Waals surface area (Å²) in [6, 6.07) is 21.3. The number of aromatic nitrogens is 1. The van der Waals surface area contributed by atoms with Crippen molar-refractivity contribution in [1.82, 2.24) is 4.98 Å². The molecule has 0 fully saturated rings. The monoisotopic (exact) mass is 420 g/mol. The van der Waals surface area contributed by atoms with Crippen LogP contribution in [0.2, 0.25) is 18.1 Å². The lowest BCUT2D eigenvalue weighted by Gasteiger charge is -2.36. The zero-order valence-electron chi connectivity index (χ0n) is 18.3. The Hall–Kier alpha value is -2.63. The van der Waals surface area contributed by atoms with Gasteiger partial charge in [-0.15, -0.1) is 0 Å². The molecule has 1 aromatic heterocycles. The first-order chi connectivity index (χ1) is 14.2. The van der Waals surface area contributed by atoms with Gasteiger partial charge in [0.2, 0.25) is 0 Å². The van der Waals surface area contributed by atoms with Crippen LogP contribution in [0.25, 0.3) is 0 Å². The molecule has 0 unspecified atom stereocenters. The van der Waals surface area contributed by atoms with Gasteiger partial charge in [-0.2, -0.15) is 0 Å². The van der Waals surface area contributed by atoms with E-state index in [9.17, 15) is 4.39 Å². The molecule has 0 N–H and O–H groups in total. The summed E-state index contributed by atoms with van der Waals surface area (Å²) in [5, 5.41) is 0.0990. The molecule has 0 amide bonds. The van der Waals surface area contributed by atoms with Gasteiger partial charge in [-0.25, -0.2) is 9.38 Å². The standard InChI is InChI=1S/C25H29FN2OSi/c1-25(2,3)30(4,5)29-18-21-16-23(22(26)17-27-21)28-24(19-12-8-6-9-13-19)20-14-10-7-11-15-20/h6-17H,18H2,1-5H3. The molecule has 0 bridgehead atoms. The summed E-state index contributed by atoms with van der Waals surface area (Å²) < 4.78 is 20.9. The summed E-state index contributed by atoms with van der Waals surface area (Å²) in [6.07, 6.45) is 1.23. The van der Waals surface area contributed by atoms with E-state index in [1.807, 2.05) is 60.7 Å². The molecule has 5 heteroatoms. The maximum Gasteiger partial charge on any atom is 0.192 e. The molecule has 156 valence electrons. The third-order valence-corrected chi connectivity index (χ3v) is 10.1. The van der Waals surface area contributed by atoms with E-state index in [1.165, 1.54) is 6.20 Å². The second-order valence-corrected chi connectivity index (χ2v) is 13.7. The van der Waals surface area contributed by atoms with E-state index in [2.05, 4.69) is 38.8 Å². The van der Waals surface area contributed by atoms with Crippen LogP contribution in [-0.2, 0) is 11.0 Å². The Morgan fingerprint density at radius 2 is 1.50 bits per heavy atom. The summed E-state index contributed by atoms with van der Waals surface area (Å²) in [4.78, 5) is 8.94. The van der Waals surface area contributed by atoms with Crippen LogP contribution in [0.5, 0.6) is 0 Å². The van der Waals surface area contributed by atoms with E-state index in [1.54, 1.807) is 6.07 Å². The van der Waals surface area contributed by atoms with Gasteiger partial charge in [0.05, 0.1) is 24.2 Å². The molecular weight excluding hydrogens is 391 g/mol. The molecule has 0 radical (unpaired) electrons. The summed E-state index contributed by atoms with van der Waals surface area (Å²) in [5.41, 5.74) is 3.53. The third kappa shape index (κ3) is 5.29. The Morgan fingerprint density at radius 1 is 0.967 bits per heavy atom. The Kier molecular flexibility index (Phi) is 6.63. The minimum Gasteiger partial charge on any atom is -0.411 e. The van der Waals surface area contributed by atoms with Crippen LogP contribution in [0.15, 0.2) is 77.9 Å². The van der Waals surface area contributed by atoms with E-state index in [0.29, 0.717) is 12.3 Å². The summed E-state index contributed by atoms with van der Waals surface area (Å²) >= 11 is 0. The fourth-order valence-corrected chi connectivity index (χ4v) is 3.66. The van der Waals surface area contributed by atoms with Crippen molar-refractivity contribution < 1.29 is 8.82 Å². The van der Waals surface area contributed by atoms with Crippen molar-refractivity contribution in [1.29, 1.82) is 0 Å². The predicted molar refractivity (Wildman–Crippen MR) is 124 cm³/mol. The number of benzene rings is 2. The average molecular weight is 421 g/mol. The van der Waals surface area contributed by atoms with Gasteiger partial charge in [-0.05, 0) is 24.2 Å². The van der Waals surface area contributed by atoms with E-state index in [4.69, 9.17) is 9.42 Å². The number of rotatable bonds is 6. The van der Waals surface area contributed by atoms with Crippen molar-refractivity contribution in [3.05, 3.63) is 95.6 Å². The fourth-order valence-electron chi connectivity index (χ4n) is 2.71. The van der Waals surface area contributed by atoms with Gasteiger partial charge in [0.25, 0.3) is 0 Å². The molecule has 3 nitrogen and oxygen atoms in total. The van der Waals surface area contributed by atoms with Gasteiger partial charge < -0.3 is 4.43 Å². The average Bonchev–Trinajstić information content (AvgIpc) is 2.72. The molecule has 0 atom stereocenters. The van der Waals surface area contributed by atoms with Crippen molar-refractivity contribution in [2.24, 2.45) is 4.99 Å². The SMILES string of the molecule is CC(C)(C)[Si](C)(C)OCc1cc(N=C(c2ccccc2)c2ccccc2)c(F)cn1. The smallest absolute Gasteiger partial charge is 0.192 e. The minimum atomic E-state index is -1.93. The van der Waals surface area contributed by atoms with Crippen LogP contribution in [0.1, 0.15) is 37.6 Å². The maximum atomic E-state index is 14.6. The first-order valence-corrected chi connectivity index (χ1v) is 13.1. The summed E-state index contributed by atoms with van der Waals surface area (Å²) in [6.45, 7) is 11.3. The molecule has 0 saturated carbocycles. The van der Waals surface area contributed by atoms with E-state index in [-0.39, 0.29) is 10.7 Å². The zero-order chi connectivity index (χ0) is 21.8. The van der Waals surface area contributed by atoms with Gasteiger partial charge in [-0.3, -0.25) is 4.98 Å². The lowest BCUT2D eigenvalue weighted by Crippen LogP contribution is -2.40. The molecule has 30 heavy (non-hydrogen) atoms. The van der Waals surface area contributed by atoms with E-state index in [0.717, 1.165) is 16.8 Å². The molecule has 2 aromatic carbocycles. The quantitative estimate of drug-likeness (QED) is 0.321. The number of pyridine rings is 1. The predicted octanol–water partition coefficient (Wildman–Crippen LogP) is 6.91. The van der Waals surface area contributed by atoms with Crippen LogP contribution >= 0.6 is 0 Å². The van der Waals surface area contributed by atoms with Crippen LogP contribution in [0.3, 0.4) is 0 Å². The highest BCUT2D eigenvalue weighted by Crippen LogP contribution is 2.37. The topological polar surface area (TPSA) is 34.5 Å². The molecule has 0 aliphatic heterocycles.